The van der Waals surface area contributed by atoms with E-state index in [0.29, 0.717) is 48.7 Å². The average molecular weight is 411 g/mol. The Morgan fingerprint density at radius 1 is 1.10 bits per heavy atom. The van der Waals surface area contributed by atoms with Crippen molar-refractivity contribution in [2.24, 2.45) is 11.7 Å². The van der Waals surface area contributed by atoms with Gasteiger partial charge >= 0.3 is 0 Å². The molecule has 8 heteroatoms. The van der Waals surface area contributed by atoms with Crippen LogP contribution in [0.3, 0.4) is 0 Å². The predicted molar refractivity (Wildman–Crippen MR) is 111 cm³/mol. The first-order valence-electron chi connectivity index (χ1n) is 9.72. The molecule has 0 saturated carbocycles. The van der Waals surface area contributed by atoms with Crippen molar-refractivity contribution >= 4 is 23.4 Å². The van der Waals surface area contributed by atoms with Gasteiger partial charge in [-0.15, -0.1) is 0 Å². The quantitative estimate of drug-likeness (QED) is 0.724. The third-order valence-electron chi connectivity index (χ3n) is 5.06. The molecule has 1 aliphatic rings. The fraction of sp³-hybridized carbons (Fsp3) is 0.318. The molecule has 2 aromatic carbocycles. The molecule has 1 saturated heterocycles. The van der Waals surface area contributed by atoms with Gasteiger partial charge in [0.25, 0.3) is 5.91 Å². The third kappa shape index (κ3) is 5.28. The number of hydrogen-bond donors (Lipinski definition) is 2. The second kappa shape index (κ2) is 9.78. The van der Waals surface area contributed by atoms with Crippen LogP contribution in [0.5, 0.6) is 11.5 Å². The minimum absolute atomic E-state index is 0.0777. The number of nitrogens with one attached hydrogen (secondary N) is 1. The van der Waals surface area contributed by atoms with Crippen molar-refractivity contribution in [2.45, 2.75) is 12.8 Å². The minimum atomic E-state index is -0.555. The first kappa shape index (κ1) is 21.2. The molecule has 30 heavy (non-hydrogen) atoms. The maximum Gasteiger partial charge on any atom is 0.260 e. The number of primary amides is 1. The van der Waals surface area contributed by atoms with Crippen LogP contribution in [0, 0.1) is 5.92 Å². The summed E-state index contributed by atoms with van der Waals surface area (Å²) in [5, 5.41) is 2.91. The fourth-order valence-corrected chi connectivity index (χ4v) is 3.35. The monoisotopic (exact) mass is 411 g/mol. The zero-order chi connectivity index (χ0) is 21.5. The molecule has 3 N–H and O–H groups in total. The van der Waals surface area contributed by atoms with Crippen molar-refractivity contribution in [3.05, 3.63) is 54.1 Å². The Hall–Kier alpha value is -3.55. The van der Waals surface area contributed by atoms with E-state index in [1.54, 1.807) is 42.3 Å². The van der Waals surface area contributed by atoms with Crippen LogP contribution in [0.25, 0.3) is 0 Å². The summed E-state index contributed by atoms with van der Waals surface area (Å²) in [6.45, 7) is 0.821. The number of likely N-dealkylation sites (tertiary alicyclic amines) is 1. The molecule has 1 heterocycles. The summed E-state index contributed by atoms with van der Waals surface area (Å²) < 4.78 is 10.8. The molecule has 1 aliphatic heterocycles. The lowest BCUT2D eigenvalue weighted by Crippen LogP contribution is -2.43. The number of carbonyl (C=O) groups excluding carboxylic acids is 3. The van der Waals surface area contributed by atoms with E-state index in [1.165, 1.54) is 6.07 Å². The molecule has 0 unspecified atom stereocenters. The summed E-state index contributed by atoms with van der Waals surface area (Å²) in [4.78, 5) is 37.9. The fourth-order valence-electron chi connectivity index (χ4n) is 3.35. The molecule has 1 fully saturated rings. The summed E-state index contributed by atoms with van der Waals surface area (Å²) in [5.74, 6) is 0.0447. The molecule has 158 valence electrons. The van der Waals surface area contributed by atoms with E-state index in [4.69, 9.17) is 15.2 Å². The number of ether oxygens (including phenoxy) is 2. The number of benzene rings is 2. The first-order chi connectivity index (χ1) is 14.5. The van der Waals surface area contributed by atoms with Crippen LogP contribution < -0.4 is 20.5 Å². The van der Waals surface area contributed by atoms with Crippen LogP contribution >= 0.6 is 0 Å². The SMILES string of the molecule is COc1ccccc1NC(=O)C1CCN(C(=O)COc2cccc(C(N)=O)c2)CC1. The van der Waals surface area contributed by atoms with Gasteiger partial charge in [0.1, 0.15) is 11.5 Å². The highest BCUT2D eigenvalue weighted by Gasteiger charge is 2.28. The van der Waals surface area contributed by atoms with Crippen LogP contribution in [0.2, 0.25) is 0 Å². The Kier molecular flexibility index (Phi) is 6.90. The highest BCUT2D eigenvalue weighted by atomic mass is 16.5. The van der Waals surface area contributed by atoms with Crippen LogP contribution in [-0.4, -0.2) is 49.4 Å². The van der Waals surface area contributed by atoms with E-state index in [0.717, 1.165) is 0 Å². The largest absolute Gasteiger partial charge is 0.495 e. The van der Waals surface area contributed by atoms with Crippen molar-refractivity contribution in [3.8, 4) is 11.5 Å². The number of anilines is 1. The van der Waals surface area contributed by atoms with Gasteiger partial charge in [0, 0.05) is 24.6 Å². The molecule has 3 amide bonds. The van der Waals surface area contributed by atoms with Gasteiger partial charge in [-0.3, -0.25) is 14.4 Å². The molecule has 0 aromatic heterocycles. The summed E-state index contributed by atoms with van der Waals surface area (Å²) in [7, 11) is 1.56. The maximum atomic E-state index is 12.6. The van der Waals surface area contributed by atoms with Gasteiger partial charge in [-0.1, -0.05) is 18.2 Å². The minimum Gasteiger partial charge on any atom is -0.495 e. The molecule has 8 nitrogen and oxygen atoms in total. The van der Waals surface area contributed by atoms with Gasteiger partial charge in [-0.2, -0.15) is 0 Å². The standard InChI is InChI=1S/C22H25N3O5/c1-29-19-8-3-2-7-18(19)24-22(28)15-9-11-25(12-10-15)20(26)14-30-17-6-4-5-16(13-17)21(23)27/h2-8,13,15H,9-12,14H2,1H3,(H2,23,27)(H,24,28). The second-order valence-electron chi connectivity index (χ2n) is 7.03. The molecular formula is C22H25N3O5. The normalized spacial score (nSPS) is 14.1. The Morgan fingerprint density at radius 2 is 1.83 bits per heavy atom. The van der Waals surface area contributed by atoms with E-state index in [-0.39, 0.29) is 24.3 Å². The van der Waals surface area contributed by atoms with Gasteiger partial charge < -0.3 is 25.4 Å². The Balaban J connectivity index is 1.47. The van der Waals surface area contributed by atoms with Gasteiger partial charge in [0.15, 0.2) is 6.61 Å². The van der Waals surface area contributed by atoms with Crippen molar-refractivity contribution in [1.29, 1.82) is 0 Å². The van der Waals surface area contributed by atoms with Crippen LogP contribution in [0.4, 0.5) is 5.69 Å². The summed E-state index contributed by atoms with van der Waals surface area (Å²) in [6.07, 6.45) is 1.15. The topological polar surface area (TPSA) is 111 Å². The molecule has 0 spiro atoms. The zero-order valence-electron chi connectivity index (χ0n) is 16.8. The Morgan fingerprint density at radius 3 is 2.53 bits per heavy atom. The summed E-state index contributed by atoms with van der Waals surface area (Å²) in [5.41, 5.74) is 6.20. The number of rotatable bonds is 7. The lowest BCUT2D eigenvalue weighted by atomic mass is 9.95. The van der Waals surface area contributed by atoms with Crippen molar-refractivity contribution in [2.75, 3.05) is 32.1 Å². The number of nitrogens with two attached hydrogens (primary N) is 1. The number of methoxy groups -OCH3 is 1. The Labute approximate surface area is 174 Å². The molecular weight excluding hydrogens is 386 g/mol. The van der Waals surface area contributed by atoms with E-state index < -0.39 is 5.91 Å². The third-order valence-corrected chi connectivity index (χ3v) is 5.06. The van der Waals surface area contributed by atoms with Gasteiger partial charge in [-0.05, 0) is 43.2 Å². The number of amides is 3. The Bertz CT molecular complexity index is 922. The average Bonchev–Trinajstić information content (AvgIpc) is 2.78. The van der Waals surface area contributed by atoms with E-state index in [9.17, 15) is 14.4 Å². The lowest BCUT2D eigenvalue weighted by Gasteiger charge is -2.31. The van der Waals surface area contributed by atoms with Crippen LogP contribution in [0.1, 0.15) is 23.2 Å². The predicted octanol–water partition coefficient (Wildman–Crippen LogP) is 2.05. The molecule has 0 aliphatic carbocycles. The smallest absolute Gasteiger partial charge is 0.260 e. The van der Waals surface area contributed by atoms with Crippen LogP contribution in [-0.2, 0) is 9.59 Å². The maximum absolute atomic E-state index is 12.6. The molecule has 3 rings (SSSR count). The van der Waals surface area contributed by atoms with E-state index >= 15 is 0 Å². The van der Waals surface area contributed by atoms with Crippen molar-refractivity contribution in [3.63, 3.8) is 0 Å². The number of piperidine rings is 1. The summed E-state index contributed by atoms with van der Waals surface area (Å²) >= 11 is 0. The van der Waals surface area contributed by atoms with Crippen LogP contribution in [0.15, 0.2) is 48.5 Å². The zero-order valence-corrected chi connectivity index (χ0v) is 16.8. The number of nitrogens with zero attached hydrogens (tertiary/aromatic N) is 1. The second-order valence-corrected chi connectivity index (χ2v) is 7.03. The molecule has 2 aromatic rings. The van der Waals surface area contributed by atoms with E-state index in [1.807, 2.05) is 12.1 Å². The van der Waals surface area contributed by atoms with Gasteiger partial charge in [0.2, 0.25) is 11.8 Å². The summed E-state index contributed by atoms with van der Waals surface area (Å²) in [6, 6.07) is 13.6. The van der Waals surface area contributed by atoms with Crippen molar-refractivity contribution in [1.82, 2.24) is 4.90 Å². The highest BCUT2D eigenvalue weighted by molar-refractivity contribution is 5.94. The number of hydrogen-bond acceptors (Lipinski definition) is 5. The molecule has 0 atom stereocenters. The van der Waals surface area contributed by atoms with Crippen molar-refractivity contribution < 1.29 is 23.9 Å². The molecule has 0 bridgehead atoms. The number of carbonyl (C=O) groups is 3. The van der Waals surface area contributed by atoms with Gasteiger partial charge in [-0.25, -0.2) is 0 Å². The number of para-hydroxylation sites is 2. The highest BCUT2D eigenvalue weighted by Crippen LogP contribution is 2.26. The van der Waals surface area contributed by atoms with Gasteiger partial charge in [0.05, 0.1) is 12.8 Å². The lowest BCUT2D eigenvalue weighted by molar-refractivity contribution is -0.136. The molecule has 0 radical (unpaired) electrons. The first-order valence-corrected chi connectivity index (χ1v) is 9.72. The van der Waals surface area contributed by atoms with E-state index in [2.05, 4.69) is 5.32 Å².